The Balaban J connectivity index is 1.61. The number of rotatable bonds is 14. The van der Waals surface area contributed by atoms with E-state index in [9.17, 15) is 14.4 Å². The molecule has 7 nitrogen and oxygen atoms in total. The number of amides is 3. The highest BCUT2D eigenvalue weighted by atomic mass is 32.1. The maximum Gasteiger partial charge on any atom is 0.246 e. The van der Waals surface area contributed by atoms with Gasteiger partial charge in [0.25, 0.3) is 0 Å². The smallest absolute Gasteiger partial charge is 0.246 e. The van der Waals surface area contributed by atoms with Crippen LogP contribution in [0.4, 0.5) is 0 Å². The SMILES string of the molecule is C/C(=C\C(=O)N(C)C(Cc1ccc2ccccc2c1)C(=O)N(C)C(Cc1cccs1)C(=O)NCCc1ccccc1)CC(C)(C)N. The molecule has 0 spiro atoms. The van der Waals surface area contributed by atoms with E-state index in [2.05, 4.69) is 11.4 Å². The van der Waals surface area contributed by atoms with Gasteiger partial charge in [0.2, 0.25) is 17.7 Å². The lowest BCUT2D eigenvalue weighted by Gasteiger charge is -2.34. The van der Waals surface area contributed by atoms with E-state index in [-0.39, 0.29) is 17.7 Å². The summed E-state index contributed by atoms with van der Waals surface area (Å²) >= 11 is 1.55. The summed E-state index contributed by atoms with van der Waals surface area (Å²) in [5.74, 6) is -0.801. The number of nitrogens with two attached hydrogens (primary N) is 1. The second-order valence-electron chi connectivity index (χ2n) is 12.8. The van der Waals surface area contributed by atoms with Gasteiger partial charge in [0.05, 0.1) is 0 Å². The lowest BCUT2D eigenvalue weighted by atomic mass is 9.96. The molecule has 0 aliphatic carbocycles. The van der Waals surface area contributed by atoms with E-state index in [1.54, 1.807) is 31.5 Å². The molecular weight excluding hydrogens is 593 g/mol. The zero-order chi connectivity index (χ0) is 33.3. The summed E-state index contributed by atoms with van der Waals surface area (Å²) in [5, 5.41) is 7.18. The Bertz CT molecular complexity index is 1640. The largest absolute Gasteiger partial charge is 0.354 e. The first-order valence-electron chi connectivity index (χ1n) is 15.7. The van der Waals surface area contributed by atoms with E-state index in [0.29, 0.717) is 32.2 Å². The number of fused-ring (bicyclic) bond motifs is 1. The van der Waals surface area contributed by atoms with Crippen molar-refractivity contribution in [3.63, 3.8) is 0 Å². The third-order valence-corrected chi connectivity index (χ3v) is 8.99. The Morgan fingerprint density at radius 1 is 0.848 bits per heavy atom. The predicted octanol–water partition coefficient (Wildman–Crippen LogP) is 5.77. The Hall–Kier alpha value is -4.27. The number of nitrogens with zero attached hydrogens (tertiary/aromatic N) is 2. The fourth-order valence-electron chi connectivity index (χ4n) is 5.72. The van der Waals surface area contributed by atoms with Gasteiger partial charge in [-0.25, -0.2) is 0 Å². The number of carbonyl (C=O) groups is 3. The van der Waals surface area contributed by atoms with Crippen molar-refractivity contribution >= 4 is 39.8 Å². The minimum absolute atomic E-state index is 0.223. The van der Waals surface area contributed by atoms with Crippen molar-refractivity contribution in [3.05, 3.63) is 118 Å². The average Bonchev–Trinajstić information content (AvgIpc) is 3.54. The molecule has 0 saturated heterocycles. The molecule has 3 aromatic carbocycles. The van der Waals surface area contributed by atoms with Gasteiger partial charge in [0.1, 0.15) is 12.1 Å². The van der Waals surface area contributed by atoms with Crippen LogP contribution in [0, 0.1) is 0 Å². The molecule has 4 aromatic rings. The van der Waals surface area contributed by atoms with Crippen molar-refractivity contribution in [1.29, 1.82) is 0 Å². The topological polar surface area (TPSA) is 95.7 Å². The first kappa shape index (κ1) is 34.6. The van der Waals surface area contributed by atoms with E-state index in [4.69, 9.17) is 5.73 Å². The van der Waals surface area contributed by atoms with Gasteiger partial charge in [-0.05, 0) is 67.0 Å². The van der Waals surface area contributed by atoms with Crippen LogP contribution in [-0.4, -0.2) is 65.8 Å². The molecule has 46 heavy (non-hydrogen) atoms. The second-order valence-corrected chi connectivity index (χ2v) is 13.8. The highest BCUT2D eigenvalue weighted by Gasteiger charge is 2.35. The summed E-state index contributed by atoms with van der Waals surface area (Å²) < 4.78 is 0. The van der Waals surface area contributed by atoms with Crippen LogP contribution in [0.15, 0.2) is 102 Å². The predicted molar refractivity (Wildman–Crippen MR) is 189 cm³/mol. The first-order chi connectivity index (χ1) is 21.9. The van der Waals surface area contributed by atoms with E-state index in [1.807, 2.05) is 105 Å². The van der Waals surface area contributed by atoms with Gasteiger partial charge in [-0.1, -0.05) is 84.4 Å². The summed E-state index contributed by atoms with van der Waals surface area (Å²) in [4.78, 5) is 45.8. The number of hydrogen-bond donors (Lipinski definition) is 2. The minimum Gasteiger partial charge on any atom is -0.354 e. The van der Waals surface area contributed by atoms with Crippen LogP contribution in [0.5, 0.6) is 0 Å². The third-order valence-electron chi connectivity index (χ3n) is 8.10. The molecule has 3 N–H and O–H groups in total. The fraction of sp³-hybridized carbons (Fsp3) is 0.342. The minimum atomic E-state index is -0.837. The molecule has 3 amide bonds. The van der Waals surface area contributed by atoms with Crippen molar-refractivity contribution < 1.29 is 14.4 Å². The monoisotopic (exact) mass is 638 g/mol. The summed E-state index contributed by atoms with van der Waals surface area (Å²) in [6.45, 7) is 6.16. The standard InChI is InChI=1S/C38H46N4O3S/c1-27(26-38(2,3)39)22-35(43)41(4)34(24-29-17-18-30-14-9-10-15-31(30)23-29)37(45)42(5)33(25-32-16-11-21-46-32)36(44)40-20-19-28-12-7-6-8-13-28/h6-18,21-23,33-34H,19-20,24-26,39H2,1-5H3,(H,40,44)/b27-22+. The molecule has 1 heterocycles. The Kier molecular flexibility index (Phi) is 11.9. The van der Waals surface area contributed by atoms with Gasteiger partial charge in [-0.15, -0.1) is 11.3 Å². The summed E-state index contributed by atoms with van der Waals surface area (Å²) in [7, 11) is 3.33. The zero-order valence-electron chi connectivity index (χ0n) is 27.5. The number of likely N-dealkylation sites (N-methyl/N-ethyl adjacent to an activating group) is 2. The van der Waals surface area contributed by atoms with Crippen LogP contribution >= 0.6 is 11.3 Å². The van der Waals surface area contributed by atoms with E-state index < -0.39 is 17.6 Å². The van der Waals surface area contributed by atoms with Crippen LogP contribution in [0.2, 0.25) is 0 Å². The summed E-state index contributed by atoms with van der Waals surface area (Å²) in [6, 6.07) is 26.4. The lowest BCUT2D eigenvalue weighted by molar-refractivity contribution is -0.146. The van der Waals surface area contributed by atoms with Crippen molar-refractivity contribution in [2.24, 2.45) is 5.73 Å². The normalized spacial score (nSPS) is 13.2. The fourth-order valence-corrected chi connectivity index (χ4v) is 6.46. The number of thiophene rings is 1. The zero-order valence-corrected chi connectivity index (χ0v) is 28.3. The molecule has 8 heteroatoms. The summed E-state index contributed by atoms with van der Waals surface area (Å²) in [5.41, 5.74) is 8.62. The van der Waals surface area contributed by atoms with E-state index in [1.165, 1.54) is 9.80 Å². The number of carbonyl (C=O) groups excluding carboxylic acids is 3. The molecule has 0 saturated carbocycles. The molecule has 0 radical (unpaired) electrons. The number of hydrogen-bond acceptors (Lipinski definition) is 5. The van der Waals surface area contributed by atoms with Crippen molar-refractivity contribution in [2.45, 2.75) is 64.1 Å². The molecule has 4 rings (SSSR count). The summed E-state index contributed by atoms with van der Waals surface area (Å²) in [6.07, 6.45) is 3.47. The van der Waals surface area contributed by atoms with Gasteiger partial charge in [-0.2, -0.15) is 0 Å². The highest BCUT2D eigenvalue weighted by Crippen LogP contribution is 2.21. The molecule has 0 aliphatic heterocycles. The Morgan fingerprint density at radius 2 is 1.54 bits per heavy atom. The first-order valence-corrected chi connectivity index (χ1v) is 16.6. The quantitative estimate of drug-likeness (QED) is 0.171. The van der Waals surface area contributed by atoms with Crippen LogP contribution in [0.3, 0.4) is 0 Å². The third kappa shape index (κ3) is 9.86. The van der Waals surface area contributed by atoms with Crippen molar-refractivity contribution in [2.75, 3.05) is 20.6 Å². The van der Waals surface area contributed by atoms with Gasteiger partial charge in [0, 0.05) is 50.0 Å². The van der Waals surface area contributed by atoms with Crippen LogP contribution in [-0.2, 0) is 33.6 Å². The molecule has 0 bridgehead atoms. The van der Waals surface area contributed by atoms with Crippen molar-refractivity contribution in [1.82, 2.24) is 15.1 Å². The van der Waals surface area contributed by atoms with Gasteiger partial charge < -0.3 is 20.9 Å². The molecule has 0 fully saturated rings. The van der Waals surface area contributed by atoms with Crippen LogP contribution < -0.4 is 11.1 Å². The van der Waals surface area contributed by atoms with Crippen molar-refractivity contribution in [3.8, 4) is 0 Å². The molecule has 0 aliphatic rings. The average molecular weight is 639 g/mol. The maximum atomic E-state index is 14.5. The molecular formula is C38H46N4O3S. The van der Waals surface area contributed by atoms with Gasteiger partial charge in [-0.3, -0.25) is 14.4 Å². The lowest BCUT2D eigenvalue weighted by Crippen LogP contribution is -2.56. The number of benzene rings is 3. The van der Waals surface area contributed by atoms with Gasteiger partial charge >= 0.3 is 0 Å². The number of nitrogens with one attached hydrogen (secondary N) is 1. The van der Waals surface area contributed by atoms with Crippen LogP contribution in [0.1, 0.15) is 43.2 Å². The van der Waals surface area contributed by atoms with Crippen LogP contribution in [0.25, 0.3) is 10.8 Å². The molecule has 2 unspecified atom stereocenters. The highest BCUT2D eigenvalue weighted by molar-refractivity contribution is 7.09. The molecule has 2 atom stereocenters. The molecule has 242 valence electrons. The molecule has 1 aromatic heterocycles. The second kappa shape index (κ2) is 15.8. The van der Waals surface area contributed by atoms with E-state index in [0.717, 1.165) is 32.3 Å². The van der Waals surface area contributed by atoms with E-state index >= 15 is 0 Å². The van der Waals surface area contributed by atoms with Gasteiger partial charge in [0.15, 0.2) is 0 Å². The Morgan fingerprint density at radius 3 is 2.22 bits per heavy atom. The Labute approximate surface area is 277 Å². The maximum absolute atomic E-state index is 14.5.